The van der Waals surface area contributed by atoms with Gasteiger partial charge in [-0.3, -0.25) is 19.2 Å². The van der Waals surface area contributed by atoms with Crippen LogP contribution in [0, 0.1) is 71.0 Å². The molecule has 0 amide bonds. The Morgan fingerprint density at radius 1 is 0.473 bits per heavy atom. The Labute approximate surface area is 765 Å². The lowest BCUT2D eigenvalue weighted by Crippen LogP contribution is -2.59. The molecule has 2 aromatic carbocycles. The molecule has 0 spiro atoms. The number of benzene rings is 2. The van der Waals surface area contributed by atoms with Gasteiger partial charge in [0, 0.05) is 120 Å². The zero-order valence-corrected chi connectivity index (χ0v) is 78.1. The number of hydrogen-bond donors (Lipinski definition) is 5. The van der Waals surface area contributed by atoms with Crippen molar-refractivity contribution in [1.82, 2.24) is 25.1 Å². The monoisotopic (exact) mass is 1800 g/mol. The first-order valence-electron chi connectivity index (χ1n) is 47.9. The smallest absolute Gasteiger partial charge is 0.462 e. The van der Waals surface area contributed by atoms with Gasteiger partial charge in [-0.1, -0.05) is 72.9 Å². The minimum absolute atomic E-state index is 0. The summed E-state index contributed by atoms with van der Waals surface area (Å²) < 4.78 is 101. The normalized spacial score (nSPS) is 42.0. The number of H-pyrrole nitrogens is 2. The number of aromatic nitrogens is 2. The van der Waals surface area contributed by atoms with E-state index in [1.54, 1.807) is 54.8 Å². The second-order valence-corrected chi connectivity index (χ2v) is 39.8. The third-order valence-corrected chi connectivity index (χ3v) is 32.3. The van der Waals surface area contributed by atoms with E-state index in [0.717, 1.165) is 123 Å². The number of esters is 2. The number of rotatable bonds is 20. The van der Waals surface area contributed by atoms with Crippen LogP contribution in [0.2, 0.25) is 0 Å². The molecule has 29 heteroatoms. The molecule has 8 aliphatic heterocycles. The van der Waals surface area contributed by atoms with Crippen molar-refractivity contribution >= 4 is 63.6 Å². The van der Waals surface area contributed by atoms with Crippen LogP contribution < -0.4 is 15.7 Å². The number of ether oxygens (including phenoxy) is 16. The van der Waals surface area contributed by atoms with Gasteiger partial charge in [0.05, 0.1) is 73.8 Å². The lowest BCUT2D eigenvalue weighted by atomic mass is 9.66. The summed E-state index contributed by atoms with van der Waals surface area (Å²) in [5, 5.41) is 23.8. The second-order valence-electron chi connectivity index (χ2n) is 39.8. The quantitative estimate of drug-likeness (QED) is 0.0312. The molecule has 4 aromatic rings. The maximum atomic E-state index is 15.2. The predicted molar refractivity (Wildman–Crippen MR) is 491 cm³/mol. The minimum Gasteiger partial charge on any atom is -0.462 e. The largest absolute Gasteiger partial charge is 0.488 e. The zero-order chi connectivity index (χ0) is 89.8. The number of cyclic esters (lactones) is 2. The Hall–Kier alpha value is -5.62. The van der Waals surface area contributed by atoms with E-state index >= 15 is 4.79 Å². The third-order valence-electron chi connectivity index (χ3n) is 32.3. The number of aromatic amines is 2. The van der Waals surface area contributed by atoms with Gasteiger partial charge in [0.25, 0.3) is 0 Å². The number of methoxy groups -OCH3 is 6. The van der Waals surface area contributed by atoms with E-state index in [9.17, 15) is 14.4 Å². The second kappa shape index (κ2) is 42.7. The van der Waals surface area contributed by atoms with Crippen LogP contribution in [0.4, 0.5) is 5.69 Å². The Morgan fingerprint density at radius 2 is 0.915 bits per heavy atom. The number of hydrogen-bond acceptors (Lipinski definition) is 26. The highest BCUT2D eigenvalue weighted by atomic mass is 16.7. The van der Waals surface area contributed by atoms with Gasteiger partial charge in [-0.25, -0.2) is 0 Å². The topological polar surface area (TPSA) is 319 Å². The minimum atomic E-state index is -1.39. The number of nitrogens with one attached hydrogen (secondary N) is 3. The molecular weight excluding hydrogens is 1650 g/mol. The first-order valence-corrected chi connectivity index (χ1v) is 47.9. The van der Waals surface area contributed by atoms with Crippen molar-refractivity contribution in [3.63, 3.8) is 0 Å². The lowest BCUT2D eigenvalue weighted by Gasteiger charge is -2.44. The van der Waals surface area contributed by atoms with Crippen molar-refractivity contribution < 1.29 is 105 Å². The van der Waals surface area contributed by atoms with E-state index < -0.39 is 37.8 Å². The van der Waals surface area contributed by atoms with Crippen molar-refractivity contribution in [2.24, 2.45) is 71.0 Å². The number of carbonyl (C=O) groups is 4. The number of Topliss-reactive ketones (excluding diaryl/α,β-unsaturated/α-hetero) is 2. The van der Waals surface area contributed by atoms with Crippen LogP contribution in [0.5, 0.6) is 0 Å². The first kappa shape index (κ1) is 99.4. The molecule has 12 fully saturated rings. The molecule has 18 rings (SSSR count). The highest BCUT2D eigenvalue weighted by Gasteiger charge is 2.70. The fourth-order valence-corrected chi connectivity index (χ4v) is 25.9. The van der Waals surface area contributed by atoms with E-state index in [1.807, 2.05) is 52.2 Å². The maximum absolute atomic E-state index is 15.2. The number of likely N-dealkylation sites (N-methyl/N-ethyl adjacent to an activating group) is 2. The lowest BCUT2D eigenvalue weighted by molar-refractivity contribution is -0.314. The van der Waals surface area contributed by atoms with Gasteiger partial charge in [0.2, 0.25) is 0 Å². The van der Waals surface area contributed by atoms with Gasteiger partial charge < -0.3 is 116 Å². The number of ketones is 2. The fourth-order valence-electron chi connectivity index (χ4n) is 25.9. The molecule has 8 saturated heterocycles. The Morgan fingerprint density at radius 3 is 1.37 bits per heavy atom. The molecule has 0 radical (unpaired) electrons. The van der Waals surface area contributed by atoms with Gasteiger partial charge >= 0.3 is 19.1 Å². The van der Waals surface area contributed by atoms with Crippen LogP contribution in [-0.2, 0) is 95.0 Å². The summed E-state index contributed by atoms with van der Waals surface area (Å²) in [5.41, 5.74) is 5.26. The number of nitrogens with zero attached hydrogens (tertiary/aromatic N) is 3. The third kappa shape index (κ3) is 20.5. The standard InChI is InChI=1S/C49H71N3O10.C41H66N2O10.C8H8BNO2.2CH4/c1-10-30-12-11-13-39(62-41-17-16-38(51(5)6)26(3)58-41)25(2)45(54)36-23-33-32-21-31(61-49-48(57-9)47(56-8)46(55-7)27(4)59-49)22-35(32)43-44(42(33)34(36)24-40(53)60-30)52(43)29-15-14-28-18-19-50-37(28)20-29;1-10-23-12-11-13-31(53-33-15-14-30(43(5)6)21(3)49-33)20(2)37(45)29-18-26-25-16-24(52-41-40(48-9)39(47-8)38(46-7)22(4)50-41)17-28(25)35-36(42-35)34(26)27(29)19-32(44)51-23;11-9(12)7-2-1-6-3-4-10-8(6)5-7;;/h14-15,18-20,23,25-27,30-35,38-39,41-44,46-50H,10-13,16-17,21-22,24H2,1-9H3;18,20-28,30-31,33-36,38-42H,10-17,19H2,1-9H3;1-5,10-12H;2*1H4/t25-,26?,27?,30+,31+,32+,33+,34-,35-,38+,39+,41+,42-,43-,44+,46+,47-,48?,49+,52?;20-,21?,22?,23+,24+,25+,26+,27-,28-,30+,31+,33+,34-,35-,36+,38+,39-,40?,41+;;;/m11.../s1. The highest BCUT2D eigenvalue weighted by molar-refractivity contribution is 6.58. The van der Waals surface area contributed by atoms with Crippen molar-refractivity contribution in [3.8, 4) is 0 Å². The summed E-state index contributed by atoms with van der Waals surface area (Å²) in [6, 6.07) is 17.6. The molecular formula is C100H153BN6O22. The van der Waals surface area contributed by atoms with E-state index in [0.29, 0.717) is 54.2 Å². The van der Waals surface area contributed by atoms with Gasteiger partial charge in [-0.2, -0.15) is 0 Å². The van der Waals surface area contributed by atoms with Gasteiger partial charge in [0.15, 0.2) is 36.7 Å². The van der Waals surface area contributed by atoms with Crippen LogP contribution in [0.15, 0.2) is 84.2 Å². The molecule has 0 bridgehead atoms. The maximum Gasteiger partial charge on any atom is 0.488 e. The Bertz CT molecular complexity index is 4450. The molecule has 10 heterocycles. The zero-order valence-electron chi connectivity index (χ0n) is 78.1. The van der Waals surface area contributed by atoms with Crippen LogP contribution in [0.1, 0.15) is 186 Å². The van der Waals surface area contributed by atoms with Crippen molar-refractivity contribution in [3.05, 3.63) is 84.2 Å². The van der Waals surface area contributed by atoms with Gasteiger partial charge in [-0.05, 0) is 264 Å². The van der Waals surface area contributed by atoms with E-state index in [-0.39, 0.29) is 215 Å². The van der Waals surface area contributed by atoms with Crippen molar-refractivity contribution in [1.29, 1.82) is 0 Å². The summed E-state index contributed by atoms with van der Waals surface area (Å²) >= 11 is 0. The number of allylic oxidation sites excluding steroid dienone is 4. The summed E-state index contributed by atoms with van der Waals surface area (Å²) in [4.78, 5) is 71.2. The molecule has 28 nitrogen and oxygen atoms in total. The molecule has 6 unspecified atom stereocenters. The molecule has 5 N–H and O–H groups in total. The molecule has 6 aliphatic carbocycles. The average Bonchev–Trinajstić information content (AvgIpc) is 1.51. The summed E-state index contributed by atoms with van der Waals surface area (Å²) in [5.74, 6) is 0.340. The van der Waals surface area contributed by atoms with E-state index in [1.165, 1.54) is 5.39 Å². The molecule has 4 saturated carbocycles. The van der Waals surface area contributed by atoms with Crippen molar-refractivity contribution in [2.45, 2.75) is 345 Å². The average molecular weight is 1800 g/mol. The van der Waals surface area contributed by atoms with Gasteiger partial charge in [-0.15, -0.1) is 0 Å². The summed E-state index contributed by atoms with van der Waals surface area (Å²) in [6.07, 6.45) is 16.2. The first-order chi connectivity index (χ1) is 61.2. The number of carbonyl (C=O) groups excluding carboxylic acids is 4. The van der Waals surface area contributed by atoms with E-state index in [4.69, 9.17) is 85.8 Å². The fraction of sp³-hybridized carbons (Fsp3) is 0.760. The summed E-state index contributed by atoms with van der Waals surface area (Å²) in [7, 11) is 17.0. The molecule has 129 heavy (non-hydrogen) atoms. The predicted octanol–water partition coefficient (Wildman–Crippen LogP) is 12.1. The van der Waals surface area contributed by atoms with Crippen LogP contribution in [-0.4, -0.2) is 290 Å². The number of fused-ring (bicyclic) bond motifs is 18. The molecule has 38 atom stereocenters. The van der Waals surface area contributed by atoms with Gasteiger partial charge in [0.1, 0.15) is 48.8 Å². The molecule has 2 aromatic heterocycles. The van der Waals surface area contributed by atoms with E-state index in [2.05, 4.69) is 122 Å². The Kier molecular flexibility index (Phi) is 32.9. The Balaban J connectivity index is 0.000000183. The molecule has 718 valence electrons. The SMILES string of the molecule is C.C.CC[C@H]1CCC[C@H](O[C@H]2CC[C@H](N(C)C)C(C)O2)[C@@H](C)C(=O)C2=C[C@H]3[C@@H]4C[C@H](O[C@@H]5OC(C)[C@H](OC)[C@@H](OC)C5OC)C[C@H]4[C@@H]4[C@H]([C@H]3[C@@H]2CC(=O)O1)N4c1ccc2cc[nH]c2c1.CC[C@H]1CCC[C@H](O[C@H]2CC[C@H](N(C)C)C(C)O2)[C@@H](C)C(=O)C2=C[C@H]3[C@@H]4C[C@H](O[C@@H]5OC(C)[C@H](OC)[C@@H](OC)C5OC)C[C@H]4[C@H]4N[C@H]4[C@H]3[C@@H]2CC(=O)O1.OB(O)c1ccc2cc[nH]c2c1. The summed E-state index contributed by atoms with van der Waals surface area (Å²) in [6.45, 7) is 16.5. The van der Waals surface area contributed by atoms with Crippen LogP contribution in [0.3, 0.4) is 0 Å². The highest BCUT2D eigenvalue weighted by Crippen LogP contribution is 2.66. The van der Waals surface area contributed by atoms with Crippen LogP contribution >= 0.6 is 0 Å². The number of anilines is 1. The van der Waals surface area contributed by atoms with Crippen LogP contribution in [0.25, 0.3) is 21.8 Å². The van der Waals surface area contributed by atoms with Crippen molar-refractivity contribution in [2.75, 3.05) is 75.7 Å². The molecule has 14 aliphatic rings.